The molecule has 0 radical (unpaired) electrons. The molecule has 0 heterocycles. The standard InChI is InChI=1S/C7H14N2O/c1-8-5-3-7(9-2)4-6-10/h4,6,8-9H,3,5H2,1-2H3/b7-4-. The van der Waals surface area contributed by atoms with Gasteiger partial charge in [-0.1, -0.05) is 0 Å². The van der Waals surface area contributed by atoms with Crippen molar-refractivity contribution >= 4 is 6.29 Å². The zero-order valence-electron chi connectivity index (χ0n) is 6.48. The van der Waals surface area contributed by atoms with Crippen LogP contribution in [0.2, 0.25) is 0 Å². The Bertz CT molecular complexity index is 121. The van der Waals surface area contributed by atoms with E-state index in [-0.39, 0.29) is 0 Å². The lowest BCUT2D eigenvalue weighted by atomic mass is 10.3. The molecule has 3 heteroatoms. The Balaban J connectivity index is 3.59. The van der Waals surface area contributed by atoms with Gasteiger partial charge >= 0.3 is 0 Å². The third-order valence-corrected chi connectivity index (χ3v) is 1.23. The van der Waals surface area contributed by atoms with E-state index in [1.807, 2.05) is 14.1 Å². The molecule has 0 unspecified atom stereocenters. The van der Waals surface area contributed by atoms with Crippen LogP contribution in [0.15, 0.2) is 11.8 Å². The number of hydrogen-bond acceptors (Lipinski definition) is 3. The van der Waals surface area contributed by atoms with E-state index in [0.717, 1.165) is 24.9 Å². The van der Waals surface area contributed by atoms with Gasteiger partial charge in [-0.05, 0) is 19.5 Å². The Morgan fingerprint density at radius 2 is 2.20 bits per heavy atom. The molecule has 0 bridgehead atoms. The van der Waals surface area contributed by atoms with Crippen molar-refractivity contribution in [3.63, 3.8) is 0 Å². The number of rotatable bonds is 5. The summed E-state index contributed by atoms with van der Waals surface area (Å²) in [5.74, 6) is 0. The van der Waals surface area contributed by atoms with Gasteiger partial charge in [-0.3, -0.25) is 4.79 Å². The first kappa shape index (κ1) is 9.17. The molecule has 0 aromatic carbocycles. The van der Waals surface area contributed by atoms with Crippen LogP contribution in [0.1, 0.15) is 6.42 Å². The summed E-state index contributed by atoms with van der Waals surface area (Å²) < 4.78 is 0. The number of hydrogen-bond donors (Lipinski definition) is 2. The second-order valence-electron chi connectivity index (χ2n) is 1.93. The van der Waals surface area contributed by atoms with Gasteiger partial charge in [0.15, 0.2) is 0 Å². The Labute approximate surface area is 61.5 Å². The van der Waals surface area contributed by atoms with E-state index in [1.54, 1.807) is 0 Å². The maximum Gasteiger partial charge on any atom is 0.144 e. The number of aldehydes is 1. The zero-order valence-corrected chi connectivity index (χ0v) is 6.48. The van der Waals surface area contributed by atoms with Gasteiger partial charge in [0.2, 0.25) is 0 Å². The van der Waals surface area contributed by atoms with Crippen LogP contribution in [0, 0.1) is 0 Å². The molecule has 58 valence electrons. The summed E-state index contributed by atoms with van der Waals surface area (Å²) >= 11 is 0. The number of carbonyl (C=O) groups is 1. The third-order valence-electron chi connectivity index (χ3n) is 1.23. The van der Waals surface area contributed by atoms with Crippen molar-refractivity contribution in [2.75, 3.05) is 20.6 Å². The van der Waals surface area contributed by atoms with E-state index in [4.69, 9.17) is 0 Å². The molecule has 0 saturated carbocycles. The highest BCUT2D eigenvalue weighted by molar-refractivity contribution is 5.65. The molecule has 2 N–H and O–H groups in total. The van der Waals surface area contributed by atoms with Crippen molar-refractivity contribution in [3.05, 3.63) is 11.8 Å². The molecule has 0 aromatic rings. The fourth-order valence-electron chi connectivity index (χ4n) is 0.633. The van der Waals surface area contributed by atoms with Crippen LogP contribution < -0.4 is 10.6 Å². The highest BCUT2D eigenvalue weighted by Crippen LogP contribution is 1.91. The lowest BCUT2D eigenvalue weighted by molar-refractivity contribution is -0.104. The molecule has 10 heavy (non-hydrogen) atoms. The van der Waals surface area contributed by atoms with Gasteiger partial charge in [0, 0.05) is 19.3 Å². The number of carbonyl (C=O) groups excluding carboxylic acids is 1. The predicted octanol–water partition coefficient (Wildman–Crippen LogP) is -0.102. The summed E-state index contributed by atoms with van der Waals surface area (Å²) in [6.45, 7) is 0.889. The quantitative estimate of drug-likeness (QED) is 0.416. The van der Waals surface area contributed by atoms with E-state index in [1.165, 1.54) is 6.08 Å². The van der Waals surface area contributed by atoms with Gasteiger partial charge < -0.3 is 10.6 Å². The molecule has 0 aromatic heterocycles. The Morgan fingerprint density at radius 3 is 2.60 bits per heavy atom. The molecular formula is C7H14N2O. The molecule has 0 aliphatic carbocycles. The lowest BCUT2D eigenvalue weighted by Crippen LogP contribution is -2.14. The fraction of sp³-hybridized carbons (Fsp3) is 0.571. The highest BCUT2D eigenvalue weighted by Gasteiger charge is 1.89. The molecule has 0 atom stereocenters. The van der Waals surface area contributed by atoms with Gasteiger partial charge in [-0.15, -0.1) is 0 Å². The summed E-state index contributed by atoms with van der Waals surface area (Å²) in [4.78, 5) is 10.0. The monoisotopic (exact) mass is 142 g/mol. The first-order valence-corrected chi connectivity index (χ1v) is 3.31. The summed E-state index contributed by atoms with van der Waals surface area (Å²) in [7, 11) is 3.69. The molecule has 0 rings (SSSR count). The van der Waals surface area contributed by atoms with E-state index in [0.29, 0.717) is 0 Å². The molecule has 0 saturated heterocycles. The van der Waals surface area contributed by atoms with Crippen LogP contribution in [0.5, 0.6) is 0 Å². The van der Waals surface area contributed by atoms with Crippen LogP contribution in [-0.4, -0.2) is 26.9 Å². The van der Waals surface area contributed by atoms with Crippen LogP contribution in [0.25, 0.3) is 0 Å². The van der Waals surface area contributed by atoms with Crippen molar-refractivity contribution < 1.29 is 4.79 Å². The average molecular weight is 142 g/mol. The van der Waals surface area contributed by atoms with Crippen molar-refractivity contribution in [2.45, 2.75) is 6.42 Å². The van der Waals surface area contributed by atoms with Crippen molar-refractivity contribution in [3.8, 4) is 0 Å². The summed E-state index contributed by atoms with van der Waals surface area (Å²) in [6, 6.07) is 0. The van der Waals surface area contributed by atoms with Crippen LogP contribution in [-0.2, 0) is 4.79 Å². The largest absolute Gasteiger partial charge is 0.391 e. The second kappa shape index (κ2) is 6.29. The normalized spacial score (nSPS) is 11.2. The lowest BCUT2D eigenvalue weighted by Gasteiger charge is -2.03. The van der Waals surface area contributed by atoms with Gasteiger partial charge in [0.1, 0.15) is 6.29 Å². The highest BCUT2D eigenvalue weighted by atomic mass is 16.1. The Hall–Kier alpha value is -0.830. The van der Waals surface area contributed by atoms with Crippen LogP contribution in [0.3, 0.4) is 0 Å². The predicted molar refractivity (Wildman–Crippen MR) is 41.8 cm³/mol. The molecule has 0 aliphatic rings. The van der Waals surface area contributed by atoms with E-state index in [2.05, 4.69) is 10.6 Å². The minimum Gasteiger partial charge on any atom is -0.391 e. The molecule has 0 spiro atoms. The Kier molecular flexibility index (Phi) is 5.77. The second-order valence-corrected chi connectivity index (χ2v) is 1.93. The topological polar surface area (TPSA) is 41.1 Å². The van der Waals surface area contributed by atoms with Crippen LogP contribution in [0.4, 0.5) is 0 Å². The molecule has 0 fully saturated rings. The SMILES string of the molecule is CNCC/C(=C/C=O)NC. The summed E-state index contributed by atoms with van der Waals surface area (Å²) in [6.07, 6.45) is 3.20. The average Bonchev–Trinajstić information content (AvgIpc) is 1.98. The third kappa shape index (κ3) is 4.09. The van der Waals surface area contributed by atoms with Gasteiger partial charge in [0.25, 0.3) is 0 Å². The molecular weight excluding hydrogens is 128 g/mol. The fourth-order valence-corrected chi connectivity index (χ4v) is 0.633. The maximum atomic E-state index is 10.0. The smallest absolute Gasteiger partial charge is 0.144 e. The number of nitrogens with one attached hydrogen (secondary N) is 2. The maximum absolute atomic E-state index is 10.0. The van der Waals surface area contributed by atoms with E-state index in [9.17, 15) is 4.79 Å². The van der Waals surface area contributed by atoms with E-state index < -0.39 is 0 Å². The Morgan fingerprint density at radius 1 is 1.50 bits per heavy atom. The van der Waals surface area contributed by atoms with Crippen molar-refractivity contribution in [2.24, 2.45) is 0 Å². The molecule has 0 amide bonds. The minimum atomic E-state index is 0.793. The molecule has 0 aliphatic heterocycles. The minimum absolute atomic E-state index is 0.793. The van der Waals surface area contributed by atoms with Gasteiger partial charge in [-0.2, -0.15) is 0 Å². The zero-order chi connectivity index (χ0) is 7.82. The van der Waals surface area contributed by atoms with Crippen molar-refractivity contribution in [1.82, 2.24) is 10.6 Å². The number of allylic oxidation sites excluding steroid dienone is 1. The first-order valence-electron chi connectivity index (χ1n) is 3.31. The van der Waals surface area contributed by atoms with Gasteiger partial charge in [0.05, 0.1) is 0 Å². The van der Waals surface area contributed by atoms with Gasteiger partial charge in [-0.25, -0.2) is 0 Å². The van der Waals surface area contributed by atoms with Crippen molar-refractivity contribution in [1.29, 1.82) is 0 Å². The molecule has 3 nitrogen and oxygen atoms in total. The summed E-state index contributed by atoms with van der Waals surface area (Å²) in [5, 5.41) is 5.92. The van der Waals surface area contributed by atoms with E-state index >= 15 is 0 Å². The van der Waals surface area contributed by atoms with Crippen LogP contribution >= 0.6 is 0 Å². The summed E-state index contributed by atoms with van der Waals surface area (Å²) in [5.41, 5.74) is 0.962. The first-order chi connectivity index (χ1) is 4.85.